The predicted molar refractivity (Wildman–Crippen MR) is 123 cm³/mol. The van der Waals surface area contributed by atoms with E-state index in [1.165, 1.54) is 0 Å². The lowest BCUT2D eigenvalue weighted by molar-refractivity contribution is -0.185. The molecular weight excluding hydrogens is 448 g/mol. The van der Waals surface area contributed by atoms with Gasteiger partial charge in [0.25, 0.3) is 0 Å². The molecule has 0 unspecified atom stereocenters. The zero-order valence-electron chi connectivity index (χ0n) is 21.2. The first-order valence-electron chi connectivity index (χ1n) is 13.4. The van der Waals surface area contributed by atoms with Crippen LogP contribution in [0, 0.1) is 40.4 Å². The van der Waals surface area contributed by atoms with Crippen molar-refractivity contribution in [3.8, 4) is 0 Å². The summed E-state index contributed by atoms with van der Waals surface area (Å²) >= 11 is 0. The number of ketones is 2. The number of carbonyl (C=O) groups is 3. The molecule has 3 aliphatic heterocycles. The molecule has 3 saturated heterocycles. The molecule has 0 bridgehead atoms. The van der Waals surface area contributed by atoms with Crippen LogP contribution in [0.15, 0.2) is 12.2 Å². The molecule has 0 aromatic rings. The minimum Gasteiger partial charge on any atom is -0.460 e. The molecule has 7 aliphatic rings. The molecule has 13 atom stereocenters. The Bertz CT molecular complexity index is 1100. The summed E-state index contributed by atoms with van der Waals surface area (Å²) in [6, 6.07) is 0. The van der Waals surface area contributed by atoms with Gasteiger partial charge in [0.2, 0.25) is 0 Å². The molecule has 7 rings (SSSR count). The Labute approximate surface area is 205 Å². The van der Waals surface area contributed by atoms with Crippen LogP contribution in [0.4, 0.5) is 0 Å². The van der Waals surface area contributed by atoms with Crippen LogP contribution >= 0.6 is 0 Å². The van der Waals surface area contributed by atoms with Crippen LogP contribution in [0.2, 0.25) is 0 Å². The quantitative estimate of drug-likeness (QED) is 0.475. The topological polar surface area (TPSA) is 106 Å². The molecule has 3 heterocycles. The van der Waals surface area contributed by atoms with Gasteiger partial charge in [0.15, 0.2) is 11.4 Å². The first-order valence-corrected chi connectivity index (χ1v) is 13.4. The van der Waals surface area contributed by atoms with Crippen molar-refractivity contribution >= 4 is 17.5 Å². The Kier molecular flexibility index (Phi) is 4.06. The fourth-order valence-electron chi connectivity index (χ4n) is 9.74. The summed E-state index contributed by atoms with van der Waals surface area (Å²) in [5.41, 5.74) is -4.14. The zero-order chi connectivity index (χ0) is 24.9. The van der Waals surface area contributed by atoms with E-state index in [1.54, 1.807) is 19.1 Å². The standard InChI is InChI=1S/C28H36O7/c1-13(17-12-24(2)27(5,35-24)23(31)33-17)14-8-9-15-20-16(11-19(30)25(14,15)3)26(4)18(29)7-6-10-28(26,32)22-21(20)34-22/h6-7,13-17,20-22,32H,8-12H2,1-5H3/t13-,14+,15-,16+,17+,20-,21-,22-,24-,25+,26-,27+,28-/m0/s1. The number of ether oxygens (including phenoxy) is 3. The van der Waals surface area contributed by atoms with Gasteiger partial charge in [0.1, 0.15) is 29.2 Å². The van der Waals surface area contributed by atoms with Gasteiger partial charge in [-0.3, -0.25) is 9.59 Å². The molecule has 0 spiro atoms. The summed E-state index contributed by atoms with van der Waals surface area (Å²) in [5, 5.41) is 11.7. The smallest absolute Gasteiger partial charge is 0.341 e. The monoisotopic (exact) mass is 484 g/mol. The summed E-state index contributed by atoms with van der Waals surface area (Å²) in [5.74, 6) is -0.149. The highest BCUT2D eigenvalue weighted by molar-refractivity contribution is 5.98. The molecular formula is C28H36O7. The number of cyclic esters (lactones) is 1. The number of hydrogen-bond donors (Lipinski definition) is 1. The molecule has 7 heteroatoms. The van der Waals surface area contributed by atoms with E-state index in [-0.39, 0.29) is 71.9 Å². The van der Waals surface area contributed by atoms with Gasteiger partial charge in [-0.2, -0.15) is 0 Å². The summed E-state index contributed by atoms with van der Waals surface area (Å²) < 4.78 is 17.9. The average molecular weight is 485 g/mol. The van der Waals surface area contributed by atoms with Crippen molar-refractivity contribution in [1.82, 2.24) is 0 Å². The van der Waals surface area contributed by atoms with Crippen LogP contribution < -0.4 is 0 Å². The number of esters is 1. The van der Waals surface area contributed by atoms with E-state index in [4.69, 9.17) is 14.2 Å². The van der Waals surface area contributed by atoms with Crippen molar-refractivity contribution in [2.45, 2.75) is 102 Å². The normalized spacial score (nSPS) is 60.5. The molecule has 0 amide bonds. The Balaban J connectivity index is 1.22. The molecule has 35 heavy (non-hydrogen) atoms. The van der Waals surface area contributed by atoms with Crippen LogP contribution in [0.3, 0.4) is 0 Å². The first kappa shape index (κ1) is 22.6. The molecule has 3 saturated carbocycles. The van der Waals surface area contributed by atoms with Crippen LogP contribution in [0.25, 0.3) is 0 Å². The van der Waals surface area contributed by atoms with Crippen LogP contribution in [0.5, 0.6) is 0 Å². The Morgan fingerprint density at radius 2 is 1.83 bits per heavy atom. The number of fused-ring (bicyclic) bond motifs is 9. The maximum absolute atomic E-state index is 14.1. The van der Waals surface area contributed by atoms with Crippen molar-refractivity contribution in [3.05, 3.63) is 12.2 Å². The summed E-state index contributed by atoms with van der Waals surface area (Å²) in [6.07, 6.45) is 5.71. The lowest BCUT2D eigenvalue weighted by Gasteiger charge is -2.59. The highest BCUT2D eigenvalue weighted by atomic mass is 16.7. The minimum absolute atomic E-state index is 0.0197. The van der Waals surface area contributed by atoms with Gasteiger partial charge in [-0.15, -0.1) is 0 Å². The zero-order valence-corrected chi connectivity index (χ0v) is 21.2. The van der Waals surface area contributed by atoms with Crippen molar-refractivity contribution < 1.29 is 33.7 Å². The number of Topliss-reactive ketones (excluding diaryl/α,β-unsaturated/α-hetero) is 1. The van der Waals surface area contributed by atoms with Crippen molar-refractivity contribution in [2.24, 2.45) is 40.4 Å². The molecule has 6 fully saturated rings. The second-order valence-electron chi connectivity index (χ2n) is 13.4. The molecule has 0 aromatic heterocycles. The molecule has 190 valence electrons. The van der Waals surface area contributed by atoms with Crippen molar-refractivity contribution in [1.29, 1.82) is 0 Å². The van der Waals surface area contributed by atoms with Gasteiger partial charge in [-0.05, 0) is 75.7 Å². The first-order chi connectivity index (χ1) is 16.3. The Morgan fingerprint density at radius 3 is 2.54 bits per heavy atom. The van der Waals surface area contributed by atoms with Gasteiger partial charge in [-0.25, -0.2) is 4.79 Å². The second-order valence-corrected chi connectivity index (χ2v) is 13.4. The third-order valence-corrected chi connectivity index (χ3v) is 12.3. The van der Waals surface area contributed by atoms with Gasteiger partial charge < -0.3 is 19.3 Å². The predicted octanol–water partition coefficient (Wildman–Crippen LogP) is 2.77. The van der Waals surface area contributed by atoms with Gasteiger partial charge in [0, 0.05) is 18.3 Å². The fraction of sp³-hybridized carbons (Fsp3) is 0.821. The number of epoxide rings is 2. The SMILES string of the molecule is C[C@@H]([C@H]1CC[C@H]2[C@@H]3[C@@H]4O[C@@H]4[C@@]4(O)CC=CC(=O)[C@]4(C)[C@@H]3CC(=O)[C@]12C)[C@H]1C[C@]2(C)O[C@]2(C)C(=O)O1. The largest absolute Gasteiger partial charge is 0.460 e. The third kappa shape index (κ3) is 2.33. The maximum Gasteiger partial charge on any atom is 0.341 e. The van der Waals surface area contributed by atoms with E-state index in [1.807, 2.05) is 13.8 Å². The molecule has 0 aromatic carbocycles. The van der Waals surface area contributed by atoms with E-state index < -0.39 is 27.6 Å². The van der Waals surface area contributed by atoms with Gasteiger partial charge in [-0.1, -0.05) is 19.9 Å². The molecule has 4 aliphatic carbocycles. The number of rotatable bonds is 2. The highest BCUT2D eigenvalue weighted by Crippen LogP contribution is 2.71. The highest BCUT2D eigenvalue weighted by Gasteiger charge is 2.79. The molecule has 1 N–H and O–H groups in total. The summed E-state index contributed by atoms with van der Waals surface area (Å²) in [4.78, 5) is 40.0. The number of aliphatic hydroxyl groups is 1. The van der Waals surface area contributed by atoms with E-state index in [0.717, 1.165) is 12.8 Å². The van der Waals surface area contributed by atoms with Crippen molar-refractivity contribution in [3.63, 3.8) is 0 Å². The van der Waals surface area contributed by atoms with Crippen molar-refractivity contribution in [2.75, 3.05) is 0 Å². The lowest BCUT2D eigenvalue weighted by Crippen LogP contribution is -2.68. The van der Waals surface area contributed by atoms with Crippen LogP contribution in [-0.4, -0.2) is 57.8 Å². The Hall–Kier alpha value is -1.57. The summed E-state index contributed by atoms with van der Waals surface area (Å²) in [7, 11) is 0. The molecule has 7 nitrogen and oxygen atoms in total. The number of allylic oxidation sites excluding steroid dienone is 1. The van der Waals surface area contributed by atoms with Crippen LogP contribution in [-0.2, 0) is 28.6 Å². The Morgan fingerprint density at radius 1 is 1.09 bits per heavy atom. The second kappa shape index (κ2) is 6.28. The maximum atomic E-state index is 14.1. The number of hydrogen-bond acceptors (Lipinski definition) is 7. The number of carbonyl (C=O) groups excluding carboxylic acids is 3. The average Bonchev–Trinajstić information content (AvgIpc) is 3.66. The van der Waals surface area contributed by atoms with E-state index >= 15 is 0 Å². The summed E-state index contributed by atoms with van der Waals surface area (Å²) in [6.45, 7) is 9.88. The van der Waals surface area contributed by atoms with Gasteiger partial charge in [0.05, 0.1) is 11.5 Å². The lowest BCUT2D eigenvalue weighted by atomic mass is 9.43. The molecule has 0 radical (unpaired) electrons. The van der Waals surface area contributed by atoms with Gasteiger partial charge >= 0.3 is 5.97 Å². The third-order valence-electron chi connectivity index (χ3n) is 12.3. The van der Waals surface area contributed by atoms with E-state index in [0.29, 0.717) is 12.8 Å². The van der Waals surface area contributed by atoms with Crippen LogP contribution in [0.1, 0.15) is 66.7 Å². The van der Waals surface area contributed by atoms with E-state index in [9.17, 15) is 19.5 Å². The minimum atomic E-state index is -1.24. The fourth-order valence-corrected chi connectivity index (χ4v) is 9.74. The van der Waals surface area contributed by atoms with E-state index in [2.05, 4.69) is 13.8 Å².